The van der Waals surface area contributed by atoms with E-state index < -0.39 is 75.6 Å². The van der Waals surface area contributed by atoms with Crippen molar-refractivity contribution < 1.29 is 27.4 Å². The molecule has 5 aromatic carbocycles. The van der Waals surface area contributed by atoms with E-state index in [-0.39, 0.29) is 119 Å². The molecule has 10 N–H and O–H groups in total. The third-order valence-corrected chi connectivity index (χ3v) is 52.6. The van der Waals surface area contributed by atoms with Gasteiger partial charge in [-0.3, -0.25) is 40.5 Å². The summed E-state index contributed by atoms with van der Waals surface area (Å²) in [5.41, 5.74) is 37.4. The summed E-state index contributed by atoms with van der Waals surface area (Å²) in [6, 6.07) is 0. The summed E-state index contributed by atoms with van der Waals surface area (Å²) in [5.74, 6) is 0. The van der Waals surface area contributed by atoms with Gasteiger partial charge in [0.1, 0.15) is 62.2 Å². The van der Waals surface area contributed by atoms with Gasteiger partial charge < -0.3 is 22.9 Å². The van der Waals surface area contributed by atoms with Crippen molar-refractivity contribution in [2.45, 2.75) is 80.0 Å². The van der Waals surface area contributed by atoms with Crippen molar-refractivity contribution in [3.63, 3.8) is 0 Å². The molecule has 133 heavy (non-hydrogen) atoms. The number of nitrogens with one attached hydrogen (secondary N) is 2. The number of unbranched alkanes of at least 4 members (excludes halogenated alkanes) is 3. The number of nitrogens with zero attached hydrogens (tertiary/aromatic N) is 24. The molecule has 13 aromatic heterocycles. The van der Waals surface area contributed by atoms with E-state index in [0.717, 1.165) is 141 Å². The van der Waals surface area contributed by atoms with Gasteiger partial charge >= 0.3 is 512 Å². The summed E-state index contributed by atoms with van der Waals surface area (Å²) >= 11 is 26.6. The predicted octanol–water partition coefficient (Wildman–Crippen LogP) is 21.0. The molecule has 687 valence electrons. The second kappa shape index (κ2) is 49.3. The number of thiazole rings is 9. The van der Waals surface area contributed by atoms with Crippen LogP contribution < -0.4 is 34.6 Å². The molecule has 0 fully saturated rings. The van der Waals surface area contributed by atoms with Crippen LogP contribution in [0.2, 0.25) is 13.3 Å². The van der Waals surface area contributed by atoms with Crippen LogP contribution in [0.3, 0.4) is 0 Å². The van der Waals surface area contributed by atoms with Crippen LogP contribution >= 0.6 is 202 Å². The summed E-state index contributed by atoms with van der Waals surface area (Å²) in [7, 11) is 4.34. The maximum atomic E-state index is 11.7. The Balaban J connectivity index is 0.000000143. The number of nitro benzene ring substituents is 4. The molecule has 18 aromatic rings. The standard InChI is InChI=1S/C12H4Br2N6S2Se2.C12H4N6O4S3.C12H6N6S2Se2.C12H12N6S2.C6Br2N4O4S.3C4H9.C3H2NS.CH4.BHNS.O2Se.Sn/c13-3-1-15-11(21-3)5-7-9(19-23-17-7)6(10-8(5)18-24-20-10)12-16-2-4(14)22-12;19-17(20)9-5(11-13-1-3-23-11)7-8(16-25-15-7)6(10(9)18(21)22)12-14-2-4-24-12;1-3-19-11(13-1)5-7-9(17-21-15-7)6(12-14-2-4-20-12)10-8(5)16-22-18-10;13-7-5(11-17-1-3-19-11)8(14)10(16)6(9(7)15)12-18-2-4-20-12;7-1-3-4(10-17-9-3)2(8)6(12(15)16)5(1)11(13)14;3*1-3-4-2;1-2-5-3-4-1;;1-2-3;1-3-2;/h1-2,23H,(H,17,19);1-4H;1-4,21H,(H,15,17);1-4H,13-16H2;;3*1,3-4H2,2H3;1-2H;1H4;3H;;. The SMILES string of the molecule is Brc1cnc(-c2c3c(c(-c4ncc(Br)s4)c4n[se]nc24)N[SeH]=N3)s1.C.CCC[CH2][Sn]([CH2]CCC)([CH2]CCC)[c]1nccs1.Nc1c(N)c(-c2nccs2)c(N)c(N)c1-c1nccs1.O=[N+]([O-])c1c([N+](=O)[O-])c(-c2nccs2)c2nsnc2c1-c1nccs1.O=[N+]([O-])c1c([N+](=O)[O-])c(Br)c2nsnc2c1Br.O=[Se]=O.[B]=NS.c1csc(-c2c3c(c(-c4nccs4)c4n[se]nc24)N[SeH]=N3)n1. The molecule has 0 bridgehead atoms. The average Bonchev–Trinajstić information content (AvgIpc) is 1.61. The summed E-state index contributed by atoms with van der Waals surface area (Å²) in [4.78, 5) is 81.4. The number of nitrogens with two attached hydrogens (primary N) is 4. The first-order valence-electron chi connectivity index (χ1n) is 37.2. The quantitative estimate of drug-likeness (QED) is 0.0109. The number of hydrogen-bond donors (Lipinski definition) is 7. The number of rotatable bonds is 22. The Labute approximate surface area is 871 Å². The Bertz CT molecular complexity index is 7020. The van der Waals surface area contributed by atoms with Gasteiger partial charge in [-0.15, -0.1) is 45.3 Å². The van der Waals surface area contributed by atoms with Crippen molar-refractivity contribution >= 4 is 418 Å². The molecule has 2 aliphatic heterocycles. The van der Waals surface area contributed by atoms with Crippen molar-refractivity contribution in [3.05, 3.63) is 150 Å². The van der Waals surface area contributed by atoms with Gasteiger partial charge in [0.05, 0.1) is 77.0 Å². The third-order valence-electron chi connectivity index (χ3n) is 18.8. The first-order valence-corrected chi connectivity index (χ1v) is 65.5. The second-order valence-electron chi connectivity index (χ2n) is 26.2. The van der Waals surface area contributed by atoms with Crippen molar-refractivity contribution in [1.82, 2.24) is 78.3 Å². The van der Waals surface area contributed by atoms with Gasteiger partial charge in [0, 0.05) is 46.3 Å². The molecule has 63 heteroatoms. The van der Waals surface area contributed by atoms with E-state index >= 15 is 0 Å². The minimum atomic E-state index is -2.12. The maximum absolute atomic E-state index is 11.7. The number of halogens is 4. The number of aromatic nitrogens is 17. The Kier molecular flexibility index (Phi) is 38.8. The monoisotopic (exact) mass is 2710 g/mol. The van der Waals surface area contributed by atoms with Gasteiger partial charge in [-0.1, -0.05) is 7.43 Å². The van der Waals surface area contributed by atoms with Crippen LogP contribution in [0.25, 0.3) is 129 Å². The van der Waals surface area contributed by atoms with Gasteiger partial charge in [0.2, 0.25) is 0 Å². The molecule has 20 rings (SSSR count). The van der Waals surface area contributed by atoms with E-state index in [4.69, 9.17) is 51.5 Å². The van der Waals surface area contributed by atoms with Crippen LogP contribution in [0.4, 0.5) is 68.2 Å². The van der Waals surface area contributed by atoms with Crippen LogP contribution in [0, 0.1) is 40.5 Å². The number of fused-ring (bicyclic) bond motifs is 6. The summed E-state index contributed by atoms with van der Waals surface area (Å²) < 4.78 is 78.8. The van der Waals surface area contributed by atoms with E-state index in [1.54, 1.807) is 84.8 Å². The number of hydrogen-bond acceptors (Lipinski definition) is 48. The van der Waals surface area contributed by atoms with E-state index in [2.05, 4.69) is 189 Å². The topological polar surface area (TPSA) is 591 Å². The Morgan fingerprint density at radius 1 is 0.436 bits per heavy atom. The molecule has 0 saturated heterocycles. The molecule has 0 saturated carbocycles. The van der Waals surface area contributed by atoms with Crippen LogP contribution in [0.15, 0.2) is 122 Å². The van der Waals surface area contributed by atoms with Gasteiger partial charge in [0.25, 0.3) is 0 Å². The molecule has 1 radical (unpaired) electrons. The van der Waals surface area contributed by atoms with Crippen molar-refractivity contribution in [2.24, 2.45) is 12.2 Å². The van der Waals surface area contributed by atoms with E-state index in [9.17, 15) is 40.5 Å². The summed E-state index contributed by atoms with van der Waals surface area (Å²) in [6.07, 6.45) is 24.0. The zero-order valence-electron chi connectivity index (χ0n) is 66.9. The number of thiol groups is 1. The normalized spacial score (nSPS) is 11.4. The fourth-order valence-electron chi connectivity index (χ4n) is 13.3. The molecule has 2 aliphatic rings. The Hall–Kier alpha value is -7.26. The first kappa shape index (κ1) is 105. The molecular formula is C70H60BBr4N30O10S12Se5Sn. The summed E-state index contributed by atoms with van der Waals surface area (Å²) in [5, 5.41) is 64.1. The molecule has 0 amide bonds. The first-order chi connectivity index (χ1) is 63.9. The Morgan fingerprint density at radius 3 is 1.02 bits per heavy atom. The molecular weight excluding hydrogens is 2650 g/mol. The van der Waals surface area contributed by atoms with Gasteiger partial charge in [-0.05, 0) is 31.9 Å². The van der Waals surface area contributed by atoms with E-state index in [0.29, 0.717) is 43.9 Å². The zero-order chi connectivity index (χ0) is 94.0. The van der Waals surface area contributed by atoms with E-state index in [1.807, 2.05) is 63.8 Å². The summed E-state index contributed by atoms with van der Waals surface area (Å²) in [6.45, 7) is 6.99. The number of anilines is 6. The number of nitrogen functional groups attached to an aromatic ring is 4. The molecule has 0 aliphatic carbocycles. The fraction of sp³-hybridized carbons (Fsp3) is 0.186. The van der Waals surface area contributed by atoms with Crippen molar-refractivity contribution in [1.29, 1.82) is 0 Å². The van der Waals surface area contributed by atoms with Gasteiger partial charge in [0.15, 0.2) is 0 Å². The van der Waals surface area contributed by atoms with Gasteiger partial charge in [-0.25, -0.2) is 19.9 Å². The molecule has 15 heterocycles. The second-order valence-corrected chi connectivity index (χ2v) is 59.2. The average molecular weight is 2710 g/mol. The zero-order valence-corrected chi connectivity index (χ0v) is 94.8. The molecule has 40 nitrogen and oxygen atoms in total. The molecule has 0 unspecified atom stereocenters. The van der Waals surface area contributed by atoms with E-state index in [1.165, 1.54) is 73.6 Å². The number of benzene rings is 5. The minimum absolute atomic E-state index is 0. The van der Waals surface area contributed by atoms with Crippen LogP contribution in [0.5, 0.6) is 0 Å². The van der Waals surface area contributed by atoms with Crippen LogP contribution in [-0.4, -0.2) is 199 Å². The van der Waals surface area contributed by atoms with Crippen molar-refractivity contribution in [3.8, 4) is 84.6 Å². The third kappa shape index (κ3) is 23.2. The molecule has 0 spiro atoms. The Morgan fingerprint density at radius 2 is 0.722 bits per heavy atom. The fourth-order valence-corrected chi connectivity index (χ4v) is 46.9. The predicted molar refractivity (Wildman–Crippen MR) is 562 cm³/mol. The molecule has 0 atom stereocenters. The number of nitro groups is 4. The van der Waals surface area contributed by atoms with Crippen LogP contribution in [-0.2, 0) is 7.67 Å². The van der Waals surface area contributed by atoms with Crippen molar-refractivity contribution in [2.75, 3.05) is 31.6 Å². The van der Waals surface area contributed by atoms with Gasteiger partial charge in [-0.2, -0.15) is 17.5 Å². The van der Waals surface area contributed by atoms with Crippen LogP contribution in [0.1, 0.15) is 66.7 Å².